The summed E-state index contributed by atoms with van der Waals surface area (Å²) >= 11 is 1.72. The Morgan fingerprint density at radius 1 is 1.27 bits per heavy atom. The van der Waals surface area contributed by atoms with Crippen LogP contribution in [0.4, 0.5) is 4.79 Å². The molecule has 5 nitrogen and oxygen atoms in total. The number of hydrogen-bond acceptors (Lipinski definition) is 3. The van der Waals surface area contributed by atoms with Gasteiger partial charge in [0, 0.05) is 43.2 Å². The number of aromatic nitrogens is 1. The van der Waals surface area contributed by atoms with Crippen molar-refractivity contribution in [3.8, 4) is 10.6 Å². The molecule has 0 unspecified atom stereocenters. The van der Waals surface area contributed by atoms with Gasteiger partial charge in [-0.25, -0.2) is 4.79 Å². The molecule has 1 fully saturated rings. The molecule has 3 aromatic rings. The summed E-state index contributed by atoms with van der Waals surface area (Å²) < 4.78 is 7.76. The van der Waals surface area contributed by atoms with Gasteiger partial charge in [-0.05, 0) is 30.4 Å². The molecule has 1 aromatic carbocycles. The maximum absolute atomic E-state index is 12.2. The molecule has 4 rings (SSSR count). The number of carbonyl (C=O) groups is 1. The summed E-state index contributed by atoms with van der Waals surface area (Å²) in [5.41, 5.74) is 3.49. The molecule has 2 amide bonds. The third-order valence-electron chi connectivity index (χ3n) is 4.91. The van der Waals surface area contributed by atoms with Crippen LogP contribution in [0, 0.1) is 0 Å². The van der Waals surface area contributed by atoms with Gasteiger partial charge in [-0.2, -0.15) is 0 Å². The third kappa shape index (κ3) is 3.34. The van der Waals surface area contributed by atoms with Gasteiger partial charge < -0.3 is 19.9 Å². The minimum Gasteiger partial charge on any atom is -0.376 e. The highest BCUT2D eigenvalue weighted by Crippen LogP contribution is 2.35. The van der Waals surface area contributed by atoms with Crippen LogP contribution >= 0.6 is 11.3 Å². The molecular weight excluding hydrogens is 346 g/mol. The molecule has 2 N–H and O–H groups in total. The zero-order chi connectivity index (χ0) is 17.9. The van der Waals surface area contributed by atoms with Crippen molar-refractivity contribution in [3.05, 3.63) is 47.3 Å². The lowest BCUT2D eigenvalue weighted by Gasteiger charge is -2.12. The molecule has 0 aliphatic carbocycles. The number of benzene rings is 1. The number of thiophene rings is 1. The Kier molecular flexibility index (Phi) is 4.95. The fourth-order valence-electron chi connectivity index (χ4n) is 3.62. The molecule has 6 heteroatoms. The van der Waals surface area contributed by atoms with E-state index in [-0.39, 0.29) is 12.1 Å². The number of carbonyl (C=O) groups excluding carboxylic acids is 1. The SMILES string of the molecule is Cn1c(-c2cccs2)c(CNC(=O)NC[C@H]2CCCO2)c2ccccc21. The van der Waals surface area contributed by atoms with Crippen LogP contribution in [0.2, 0.25) is 0 Å². The maximum Gasteiger partial charge on any atom is 0.315 e. The topological polar surface area (TPSA) is 55.3 Å². The molecule has 136 valence electrons. The summed E-state index contributed by atoms with van der Waals surface area (Å²) in [5.74, 6) is 0. The van der Waals surface area contributed by atoms with Crippen LogP contribution in [-0.2, 0) is 18.3 Å². The number of rotatable bonds is 5. The first-order valence-corrected chi connectivity index (χ1v) is 9.85. The van der Waals surface area contributed by atoms with Crippen molar-refractivity contribution in [2.45, 2.75) is 25.5 Å². The average Bonchev–Trinajstić information content (AvgIpc) is 3.40. The molecule has 1 aliphatic rings. The first-order valence-electron chi connectivity index (χ1n) is 8.97. The van der Waals surface area contributed by atoms with Gasteiger partial charge in [-0.1, -0.05) is 24.3 Å². The number of amides is 2. The summed E-state index contributed by atoms with van der Waals surface area (Å²) in [6.07, 6.45) is 2.25. The zero-order valence-electron chi connectivity index (χ0n) is 14.8. The number of fused-ring (bicyclic) bond motifs is 1. The summed E-state index contributed by atoms with van der Waals surface area (Å²) in [5, 5.41) is 9.20. The van der Waals surface area contributed by atoms with Crippen molar-refractivity contribution in [3.63, 3.8) is 0 Å². The van der Waals surface area contributed by atoms with E-state index >= 15 is 0 Å². The minimum atomic E-state index is -0.148. The Hall–Kier alpha value is -2.31. The Bertz CT molecular complexity index is 895. The highest BCUT2D eigenvalue weighted by atomic mass is 32.1. The monoisotopic (exact) mass is 369 g/mol. The van der Waals surface area contributed by atoms with E-state index in [0.29, 0.717) is 13.1 Å². The van der Waals surface area contributed by atoms with Crippen LogP contribution in [0.5, 0.6) is 0 Å². The van der Waals surface area contributed by atoms with Crippen LogP contribution in [0.1, 0.15) is 18.4 Å². The largest absolute Gasteiger partial charge is 0.376 e. The molecule has 0 spiro atoms. The van der Waals surface area contributed by atoms with Crippen LogP contribution < -0.4 is 10.6 Å². The lowest BCUT2D eigenvalue weighted by atomic mass is 10.1. The molecule has 2 aromatic heterocycles. The van der Waals surface area contributed by atoms with E-state index in [2.05, 4.69) is 51.9 Å². The average molecular weight is 369 g/mol. The molecule has 1 saturated heterocycles. The first-order chi connectivity index (χ1) is 12.7. The van der Waals surface area contributed by atoms with Gasteiger partial charge in [-0.3, -0.25) is 0 Å². The van der Waals surface area contributed by atoms with Crippen LogP contribution in [0.3, 0.4) is 0 Å². The second kappa shape index (κ2) is 7.51. The number of nitrogens with zero attached hydrogens (tertiary/aromatic N) is 1. The van der Waals surface area contributed by atoms with Crippen molar-refractivity contribution in [2.24, 2.45) is 7.05 Å². The number of urea groups is 1. The van der Waals surface area contributed by atoms with Crippen molar-refractivity contribution in [1.82, 2.24) is 15.2 Å². The molecule has 0 bridgehead atoms. The molecule has 1 aliphatic heterocycles. The Morgan fingerprint density at radius 3 is 2.92 bits per heavy atom. The molecule has 1 atom stereocenters. The quantitative estimate of drug-likeness (QED) is 0.717. The third-order valence-corrected chi connectivity index (χ3v) is 5.78. The lowest BCUT2D eigenvalue weighted by Crippen LogP contribution is -2.39. The van der Waals surface area contributed by atoms with Gasteiger partial charge in [0.1, 0.15) is 0 Å². The lowest BCUT2D eigenvalue weighted by molar-refractivity contribution is 0.111. The fourth-order valence-corrected chi connectivity index (χ4v) is 4.45. The number of para-hydroxylation sites is 1. The van der Waals surface area contributed by atoms with Crippen LogP contribution in [-0.4, -0.2) is 29.9 Å². The van der Waals surface area contributed by atoms with E-state index in [0.717, 1.165) is 25.0 Å². The summed E-state index contributed by atoms with van der Waals surface area (Å²) in [4.78, 5) is 13.4. The minimum absolute atomic E-state index is 0.148. The van der Waals surface area contributed by atoms with E-state index in [4.69, 9.17) is 4.74 Å². The highest BCUT2D eigenvalue weighted by Gasteiger charge is 2.19. The van der Waals surface area contributed by atoms with E-state index in [9.17, 15) is 4.79 Å². The Labute approximate surface area is 157 Å². The van der Waals surface area contributed by atoms with Crippen molar-refractivity contribution in [1.29, 1.82) is 0 Å². The zero-order valence-corrected chi connectivity index (χ0v) is 15.6. The van der Waals surface area contributed by atoms with Gasteiger partial charge in [-0.15, -0.1) is 11.3 Å². The van der Waals surface area contributed by atoms with Crippen LogP contribution in [0.15, 0.2) is 41.8 Å². The summed E-state index contributed by atoms with van der Waals surface area (Å²) in [7, 11) is 2.08. The van der Waals surface area contributed by atoms with E-state index < -0.39 is 0 Å². The normalized spacial score (nSPS) is 16.9. The molecule has 0 saturated carbocycles. The van der Waals surface area contributed by atoms with Gasteiger partial charge in [0.2, 0.25) is 0 Å². The number of nitrogens with one attached hydrogen (secondary N) is 2. The van der Waals surface area contributed by atoms with Crippen LogP contribution in [0.25, 0.3) is 21.5 Å². The fraction of sp³-hybridized carbons (Fsp3) is 0.350. The maximum atomic E-state index is 12.2. The summed E-state index contributed by atoms with van der Waals surface area (Å²) in [6, 6.07) is 12.4. The second-order valence-corrected chi connectivity index (χ2v) is 7.53. The standard InChI is InChI=1S/C20H23N3O2S/c1-23-17-8-3-2-7-15(17)16(19(23)18-9-5-11-26-18)13-22-20(24)21-12-14-6-4-10-25-14/h2-3,5,7-9,11,14H,4,6,10,12-13H2,1H3,(H2,21,22,24)/t14-/m1/s1. The van der Waals surface area contributed by atoms with Gasteiger partial charge in [0.15, 0.2) is 0 Å². The van der Waals surface area contributed by atoms with E-state index in [1.807, 2.05) is 12.1 Å². The Morgan fingerprint density at radius 2 is 2.15 bits per heavy atom. The van der Waals surface area contributed by atoms with E-state index in [1.165, 1.54) is 21.5 Å². The predicted octanol–water partition coefficient (Wildman–Crippen LogP) is 3.89. The Balaban J connectivity index is 1.53. The van der Waals surface area contributed by atoms with Crippen molar-refractivity contribution >= 4 is 28.3 Å². The van der Waals surface area contributed by atoms with Crippen molar-refractivity contribution in [2.75, 3.05) is 13.2 Å². The number of ether oxygens (including phenoxy) is 1. The number of hydrogen-bond donors (Lipinski definition) is 2. The van der Waals surface area contributed by atoms with Crippen molar-refractivity contribution < 1.29 is 9.53 Å². The second-order valence-electron chi connectivity index (χ2n) is 6.58. The predicted molar refractivity (Wildman–Crippen MR) is 105 cm³/mol. The first kappa shape index (κ1) is 17.1. The molecular formula is C20H23N3O2S. The van der Waals surface area contributed by atoms with Gasteiger partial charge >= 0.3 is 6.03 Å². The van der Waals surface area contributed by atoms with E-state index in [1.54, 1.807) is 11.3 Å². The smallest absolute Gasteiger partial charge is 0.315 e. The summed E-state index contributed by atoms with van der Waals surface area (Å²) in [6.45, 7) is 1.86. The van der Waals surface area contributed by atoms with Gasteiger partial charge in [0.25, 0.3) is 0 Å². The number of aryl methyl sites for hydroxylation is 1. The molecule has 26 heavy (non-hydrogen) atoms. The van der Waals surface area contributed by atoms with Gasteiger partial charge in [0.05, 0.1) is 16.7 Å². The molecule has 3 heterocycles. The molecule has 0 radical (unpaired) electrons. The highest BCUT2D eigenvalue weighted by molar-refractivity contribution is 7.13.